The van der Waals surface area contributed by atoms with Gasteiger partial charge in [-0.1, -0.05) is 42.5 Å². The molecule has 0 bridgehead atoms. The molecule has 4 nitrogen and oxygen atoms in total. The number of pyridine rings is 1. The fraction of sp³-hybridized carbons (Fsp3) is 0.100. The van der Waals surface area contributed by atoms with Gasteiger partial charge < -0.3 is 10.1 Å². The molecule has 1 heterocycles. The molecule has 5 heteroatoms. The molecule has 1 aromatic heterocycles. The zero-order valence-corrected chi connectivity index (χ0v) is 13.5. The van der Waals surface area contributed by atoms with E-state index < -0.39 is 11.7 Å². The smallest absolute Gasteiger partial charge is 0.257 e. The Balaban J connectivity index is 1.54. The number of nitrogens with one attached hydrogen (secondary N) is 1. The Morgan fingerprint density at radius 1 is 0.960 bits per heavy atom. The topological polar surface area (TPSA) is 51.2 Å². The van der Waals surface area contributed by atoms with Crippen LogP contribution < -0.4 is 5.32 Å². The predicted octanol–water partition coefficient (Wildman–Crippen LogP) is 4.19. The first kappa shape index (κ1) is 16.8. The van der Waals surface area contributed by atoms with Crippen LogP contribution >= 0.6 is 0 Å². The van der Waals surface area contributed by atoms with Crippen LogP contribution in [0.25, 0.3) is 0 Å². The van der Waals surface area contributed by atoms with Crippen LogP contribution in [0.5, 0.6) is 0 Å². The first-order chi connectivity index (χ1) is 12.2. The maximum absolute atomic E-state index is 13.6. The fourth-order valence-electron chi connectivity index (χ4n) is 2.25. The molecule has 0 saturated carbocycles. The Bertz CT molecular complexity index is 836. The van der Waals surface area contributed by atoms with Crippen LogP contribution in [0.4, 0.5) is 10.1 Å². The lowest BCUT2D eigenvalue weighted by Crippen LogP contribution is -2.13. The largest absolute Gasteiger partial charge is 0.370 e. The molecule has 25 heavy (non-hydrogen) atoms. The lowest BCUT2D eigenvalue weighted by Gasteiger charge is -2.07. The zero-order valence-electron chi connectivity index (χ0n) is 13.5. The summed E-state index contributed by atoms with van der Waals surface area (Å²) in [5.74, 6) is -0.885. The Labute approximate surface area is 145 Å². The summed E-state index contributed by atoms with van der Waals surface area (Å²) in [4.78, 5) is 16.3. The molecule has 1 amide bonds. The van der Waals surface area contributed by atoms with Crippen molar-refractivity contribution in [3.63, 3.8) is 0 Å². The van der Waals surface area contributed by atoms with Gasteiger partial charge in [-0.3, -0.25) is 9.78 Å². The monoisotopic (exact) mass is 336 g/mol. The maximum atomic E-state index is 13.6. The first-order valence-corrected chi connectivity index (χ1v) is 7.85. The highest BCUT2D eigenvalue weighted by molar-refractivity contribution is 6.04. The lowest BCUT2D eigenvalue weighted by molar-refractivity contribution is 0.102. The molecule has 3 rings (SSSR count). The van der Waals surface area contributed by atoms with Gasteiger partial charge in [-0.05, 0) is 29.8 Å². The van der Waals surface area contributed by atoms with E-state index in [1.807, 2.05) is 30.3 Å². The zero-order chi connectivity index (χ0) is 17.5. The molecular weight excluding hydrogens is 319 g/mol. The summed E-state index contributed by atoms with van der Waals surface area (Å²) in [7, 11) is 0. The number of benzene rings is 2. The molecule has 0 atom stereocenters. The second kappa shape index (κ2) is 8.17. The molecule has 126 valence electrons. The maximum Gasteiger partial charge on any atom is 0.257 e. The minimum atomic E-state index is -0.477. The molecule has 2 aromatic carbocycles. The van der Waals surface area contributed by atoms with E-state index in [1.165, 1.54) is 18.3 Å². The molecule has 1 N–H and O–H groups in total. The van der Waals surface area contributed by atoms with Crippen molar-refractivity contribution in [2.24, 2.45) is 0 Å². The third kappa shape index (κ3) is 4.71. The van der Waals surface area contributed by atoms with Crippen molar-refractivity contribution < 1.29 is 13.9 Å². The van der Waals surface area contributed by atoms with Crippen LogP contribution in [-0.2, 0) is 18.0 Å². The molecule has 0 aliphatic rings. The molecular formula is C20H17FN2O2. The van der Waals surface area contributed by atoms with Gasteiger partial charge in [0.15, 0.2) is 0 Å². The molecule has 0 aliphatic carbocycles. The number of amides is 1. The van der Waals surface area contributed by atoms with Crippen molar-refractivity contribution in [1.82, 2.24) is 4.98 Å². The fourth-order valence-corrected chi connectivity index (χ4v) is 2.25. The van der Waals surface area contributed by atoms with Crippen LogP contribution in [0.2, 0.25) is 0 Å². The summed E-state index contributed by atoms with van der Waals surface area (Å²) >= 11 is 0. The van der Waals surface area contributed by atoms with E-state index in [1.54, 1.807) is 24.3 Å². The summed E-state index contributed by atoms with van der Waals surface area (Å²) in [6, 6.07) is 19.2. The van der Waals surface area contributed by atoms with Gasteiger partial charge in [-0.15, -0.1) is 0 Å². The van der Waals surface area contributed by atoms with Gasteiger partial charge in [0.05, 0.1) is 30.2 Å². The quantitative estimate of drug-likeness (QED) is 0.734. The summed E-state index contributed by atoms with van der Waals surface area (Å²) in [6.45, 7) is 0.849. The average Bonchev–Trinajstić information content (AvgIpc) is 2.65. The van der Waals surface area contributed by atoms with Crippen LogP contribution in [0.15, 0.2) is 72.9 Å². The van der Waals surface area contributed by atoms with Crippen molar-refractivity contribution >= 4 is 11.6 Å². The normalized spacial score (nSPS) is 10.4. The van der Waals surface area contributed by atoms with E-state index in [4.69, 9.17) is 4.74 Å². The number of hydrogen-bond donors (Lipinski definition) is 1. The molecule has 0 radical (unpaired) electrons. The van der Waals surface area contributed by atoms with Crippen molar-refractivity contribution in [1.29, 1.82) is 0 Å². The Morgan fingerprint density at radius 3 is 2.44 bits per heavy atom. The van der Waals surface area contributed by atoms with Gasteiger partial charge in [0.25, 0.3) is 5.91 Å². The number of carbonyl (C=O) groups excluding carboxylic acids is 1. The number of para-hydroxylation sites is 1. The van der Waals surface area contributed by atoms with E-state index in [2.05, 4.69) is 10.3 Å². The predicted molar refractivity (Wildman–Crippen MR) is 93.5 cm³/mol. The molecule has 0 fully saturated rings. The van der Waals surface area contributed by atoms with Gasteiger partial charge >= 0.3 is 0 Å². The molecule has 0 saturated heterocycles. The van der Waals surface area contributed by atoms with E-state index in [0.717, 1.165) is 11.3 Å². The van der Waals surface area contributed by atoms with Crippen molar-refractivity contribution in [3.05, 3.63) is 95.6 Å². The van der Waals surface area contributed by atoms with E-state index in [0.29, 0.717) is 18.8 Å². The number of nitrogens with zero attached hydrogens (tertiary/aromatic N) is 1. The summed E-state index contributed by atoms with van der Waals surface area (Å²) in [5.41, 5.74) is 2.31. The highest BCUT2D eigenvalue weighted by Gasteiger charge is 2.09. The molecule has 3 aromatic rings. The van der Waals surface area contributed by atoms with E-state index >= 15 is 0 Å². The van der Waals surface area contributed by atoms with Gasteiger partial charge in [-0.25, -0.2) is 4.39 Å². The summed E-state index contributed by atoms with van der Waals surface area (Å²) in [6.07, 6.45) is 1.46. The summed E-state index contributed by atoms with van der Waals surface area (Å²) < 4.78 is 19.2. The second-order valence-electron chi connectivity index (χ2n) is 5.45. The van der Waals surface area contributed by atoms with Crippen molar-refractivity contribution in [2.75, 3.05) is 5.32 Å². The van der Waals surface area contributed by atoms with Crippen LogP contribution in [0.3, 0.4) is 0 Å². The summed E-state index contributed by atoms with van der Waals surface area (Å²) in [5, 5.41) is 2.53. The third-order valence-corrected chi connectivity index (χ3v) is 3.57. The van der Waals surface area contributed by atoms with Crippen LogP contribution in [0.1, 0.15) is 21.6 Å². The molecule has 0 unspecified atom stereocenters. The van der Waals surface area contributed by atoms with Gasteiger partial charge in [0.2, 0.25) is 0 Å². The van der Waals surface area contributed by atoms with E-state index in [9.17, 15) is 9.18 Å². The highest BCUT2D eigenvalue weighted by atomic mass is 19.1. The number of hydrogen-bond acceptors (Lipinski definition) is 3. The number of anilines is 1. The van der Waals surface area contributed by atoms with Crippen LogP contribution in [-0.4, -0.2) is 10.9 Å². The number of halogens is 1. The average molecular weight is 336 g/mol. The van der Waals surface area contributed by atoms with Gasteiger partial charge in [0.1, 0.15) is 5.82 Å². The van der Waals surface area contributed by atoms with Gasteiger partial charge in [-0.2, -0.15) is 0 Å². The Kier molecular flexibility index (Phi) is 5.49. The van der Waals surface area contributed by atoms with Crippen LogP contribution in [0, 0.1) is 5.82 Å². The SMILES string of the molecule is O=C(Nc1ccccc1F)c1ccc(COCc2ccccc2)nc1. The molecule has 0 spiro atoms. The second-order valence-corrected chi connectivity index (χ2v) is 5.45. The first-order valence-electron chi connectivity index (χ1n) is 7.85. The number of ether oxygens (including phenoxy) is 1. The Hall–Kier alpha value is -3.05. The number of rotatable bonds is 6. The van der Waals surface area contributed by atoms with Crippen molar-refractivity contribution in [2.45, 2.75) is 13.2 Å². The standard InChI is InChI=1S/C20H17FN2O2/c21-18-8-4-5-9-19(18)23-20(24)16-10-11-17(22-12-16)14-25-13-15-6-2-1-3-7-15/h1-12H,13-14H2,(H,23,24). The van der Waals surface area contributed by atoms with Crippen molar-refractivity contribution in [3.8, 4) is 0 Å². The third-order valence-electron chi connectivity index (χ3n) is 3.57. The molecule has 0 aliphatic heterocycles. The highest BCUT2D eigenvalue weighted by Crippen LogP contribution is 2.14. The Morgan fingerprint density at radius 2 is 1.72 bits per heavy atom. The van der Waals surface area contributed by atoms with E-state index in [-0.39, 0.29) is 5.69 Å². The van der Waals surface area contributed by atoms with Gasteiger partial charge in [0, 0.05) is 6.20 Å². The minimum absolute atomic E-state index is 0.141. The number of carbonyl (C=O) groups is 1. The lowest BCUT2D eigenvalue weighted by atomic mass is 10.2. The minimum Gasteiger partial charge on any atom is -0.370 e. The number of aromatic nitrogens is 1.